The third kappa shape index (κ3) is 6.42. The molecule has 10 heteroatoms. The number of unbranched alkanes of at least 4 members (excludes halogenated alkanes) is 1. The minimum absolute atomic E-state index is 0.106. The number of halogens is 1. The highest BCUT2D eigenvalue weighted by atomic mass is 32.2. The zero-order valence-electron chi connectivity index (χ0n) is 19.4. The van der Waals surface area contributed by atoms with Crippen molar-refractivity contribution in [1.82, 2.24) is 24.4 Å². The molecule has 0 fully saturated rings. The number of benzene rings is 1. The number of aromatic amines is 1. The molecule has 0 saturated heterocycles. The summed E-state index contributed by atoms with van der Waals surface area (Å²) < 4.78 is 14.7. The molecule has 0 bridgehead atoms. The average molecular weight is 475 g/mol. The van der Waals surface area contributed by atoms with E-state index in [1.165, 1.54) is 28.5 Å². The maximum atomic E-state index is 13.3. The van der Waals surface area contributed by atoms with Crippen LogP contribution in [0, 0.1) is 5.82 Å². The second-order valence-corrected chi connectivity index (χ2v) is 8.74. The lowest BCUT2D eigenvalue weighted by molar-refractivity contribution is 0.316. The summed E-state index contributed by atoms with van der Waals surface area (Å²) in [6, 6.07) is 5.85. The van der Waals surface area contributed by atoms with Crippen molar-refractivity contribution in [3.63, 3.8) is 0 Å². The molecule has 2 aromatic heterocycles. The highest BCUT2D eigenvalue weighted by molar-refractivity contribution is 7.99. The average Bonchev–Trinajstić information content (AvgIpc) is 2.81. The number of anilines is 1. The number of hydrogen-bond donors (Lipinski definition) is 2. The Balaban J connectivity index is 2.05. The smallest absolute Gasteiger partial charge is 0.318 e. The molecule has 0 radical (unpaired) electrons. The molecule has 33 heavy (non-hydrogen) atoms. The second kappa shape index (κ2) is 11.9. The Hall–Kier alpha value is -2.72. The summed E-state index contributed by atoms with van der Waals surface area (Å²) in [4.78, 5) is 39.4. The van der Waals surface area contributed by atoms with E-state index in [0.717, 1.165) is 38.2 Å². The molecule has 0 unspecified atom stereocenters. The number of aromatic nitrogens is 4. The van der Waals surface area contributed by atoms with Crippen molar-refractivity contribution in [3.05, 3.63) is 56.4 Å². The number of rotatable bonds is 12. The van der Waals surface area contributed by atoms with Gasteiger partial charge < -0.3 is 15.2 Å². The van der Waals surface area contributed by atoms with Crippen molar-refractivity contribution in [2.45, 2.75) is 45.3 Å². The van der Waals surface area contributed by atoms with Crippen LogP contribution in [0.25, 0.3) is 11.2 Å². The summed E-state index contributed by atoms with van der Waals surface area (Å²) in [5.74, 6) is 0.988. The topological polar surface area (TPSA) is 95.9 Å². The maximum absolute atomic E-state index is 13.3. The van der Waals surface area contributed by atoms with Crippen LogP contribution >= 0.6 is 11.8 Å². The summed E-state index contributed by atoms with van der Waals surface area (Å²) in [6.07, 6.45) is 2.07. The monoisotopic (exact) mass is 474 g/mol. The molecular formula is C23H31FN6O2S. The SMILES string of the molecule is CCCCSc1nc(NCCN(CC)CC)c2[nH]c(=O)c(=O)n(Cc3ccc(F)cc3)c2n1. The number of likely N-dealkylation sites (N-methyl/N-ethyl adjacent to an activating group) is 1. The van der Waals surface area contributed by atoms with E-state index in [-0.39, 0.29) is 12.4 Å². The fraction of sp³-hybridized carbons (Fsp3) is 0.478. The summed E-state index contributed by atoms with van der Waals surface area (Å²) in [7, 11) is 0. The van der Waals surface area contributed by atoms with Crippen molar-refractivity contribution in [1.29, 1.82) is 0 Å². The molecule has 0 spiro atoms. The van der Waals surface area contributed by atoms with E-state index in [2.05, 4.69) is 45.9 Å². The van der Waals surface area contributed by atoms with Gasteiger partial charge in [-0.15, -0.1) is 0 Å². The van der Waals surface area contributed by atoms with Gasteiger partial charge in [0.1, 0.15) is 11.3 Å². The summed E-state index contributed by atoms with van der Waals surface area (Å²) in [5.41, 5.74) is -0.0138. The van der Waals surface area contributed by atoms with Crippen molar-refractivity contribution in [3.8, 4) is 0 Å². The van der Waals surface area contributed by atoms with Crippen LogP contribution < -0.4 is 16.4 Å². The van der Waals surface area contributed by atoms with Gasteiger partial charge in [-0.05, 0) is 37.2 Å². The quantitative estimate of drug-likeness (QED) is 0.180. The van der Waals surface area contributed by atoms with E-state index in [4.69, 9.17) is 0 Å². The summed E-state index contributed by atoms with van der Waals surface area (Å²) in [5, 5.41) is 3.86. The number of H-pyrrole nitrogens is 1. The molecule has 0 saturated carbocycles. The van der Waals surface area contributed by atoms with Gasteiger partial charge in [0.15, 0.2) is 16.6 Å². The molecule has 0 amide bonds. The molecule has 3 rings (SSSR count). The Morgan fingerprint density at radius 1 is 1.12 bits per heavy atom. The molecule has 8 nitrogen and oxygen atoms in total. The highest BCUT2D eigenvalue weighted by Gasteiger charge is 2.16. The first-order valence-corrected chi connectivity index (χ1v) is 12.3. The minimum Gasteiger partial charge on any atom is -0.367 e. The van der Waals surface area contributed by atoms with E-state index in [0.29, 0.717) is 34.2 Å². The summed E-state index contributed by atoms with van der Waals surface area (Å²) >= 11 is 1.52. The van der Waals surface area contributed by atoms with Crippen LogP contribution in [0.5, 0.6) is 0 Å². The first kappa shape index (κ1) is 24.9. The first-order chi connectivity index (χ1) is 16.0. The van der Waals surface area contributed by atoms with Crippen LogP contribution in [-0.4, -0.2) is 56.4 Å². The normalized spacial score (nSPS) is 11.4. The van der Waals surface area contributed by atoms with Crippen LogP contribution in [-0.2, 0) is 6.54 Å². The van der Waals surface area contributed by atoms with E-state index in [9.17, 15) is 14.0 Å². The number of nitrogens with zero attached hydrogens (tertiary/aromatic N) is 4. The molecule has 0 aliphatic carbocycles. The third-order valence-electron chi connectivity index (χ3n) is 5.40. The number of thioether (sulfide) groups is 1. The van der Waals surface area contributed by atoms with Crippen molar-refractivity contribution >= 4 is 28.7 Å². The maximum Gasteiger partial charge on any atom is 0.318 e. The van der Waals surface area contributed by atoms with Gasteiger partial charge in [0, 0.05) is 18.8 Å². The van der Waals surface area contributed by atoms with E-state index < -0.39 is 11.1 Å². The fourth-order valence-corrected chi connectivity index (χ4v) is 4.34. The Bertz CT molecular complexity index is 1170. The minimum atomic E-state index is -0.744. The molecule has 2 heterocycles. The Morgan fingerprint density at radius 3 is 2.52 bits per heavy atom. The Labute approximate surface area is 196 Å². The van der Waals surface area contributed by atoms with Gasteiger partial charge in [-0.25, -0.2) is 14.4 Å². The Morgan fingerprint density at radius 2 is 1.85 bits per heavy atom. The van der Waals surface area contributed by atoms with Gasteiger partial charge in [0.05, 0.1) is 6.54 Å². The van der Waals surface area contributed by atoms with Crippen molar-refractivity contribution < 1.29 is 4.39 Å². The van der Waals surface area contributed by atoms with Crippen LogP contribution in [0.4, 0.5) is 10.2 Å². The standard InChI is InChI=1S/C23H31FN6O2S/c1-4-7-14-33-23-27-19(25-12-13-29(5-2)6-3)18-20(28-23)30(22(32)21(31)26-18)15-16-8-10-17(24)11-9-16/h8-11H,4-7,12-15H2,1-3H3,(H,26,31)(H,25,27,28). The molecule has 1 aromatic carbocycles. The van der Waals surface area contributed by atoms with Crippen molar-refractivity contribution in [2.24, 2.45) is 0 Å². The molecule has 0 aliphatic rings. The van der Waals surface area contributed by atoms with E-state index >= 15 is 0 Å². The number of nitrogens with one attached hydrogen (secondary N) is 2. The molecule has 2 N–H and O–H groups in total. The lowest BCUT2D eigenvalue weighted by Crippen LogP contribution is -2.37. The lowest BCUT2D eigenvalue weighted by atomic mass is 10.2. The number of fused-ring (bicyclic) bond motifs is 1. The molecule has 0 atom stereocenters. The number of hydrogen-bond acceptors (Lipinski definition) is 7. The Kier molecular flexibility index (Phi) is 9.02. The molecule has 178 valence electrons. The van der Waals surface area contributed by atoms with Gasteiger partial charge in [0.25, 0.3) is 0 Å². The van der Waals surface area contributed by atoms with Gasteiger partial charge in [-0.3, -0.25) is 14.2 Å². The zero-order chi connectivity index (χ0) is 23.8. The van der Waals surface area contributed by atoms with Gasteiger partial charge in [-0.2, -0.15) is 0 Å². The largest absolute Gasteiger partial charge is 0.367 e. The van der Waals surface area contributed by atoms with Crippen LogP contribution in [0.1, 0.15) is 39.2 Å². The van der Waals surface area contributed by atoms with E-state index in [1.807, 2.05) is 0 Å². The highest BCUT2D eigenvalue weighted by Crippen LogP contribution is 2.23. The van der Waals surface area contributed by atoms with Crippen LogP contribution in [0.3, 0.4) is 0 Å². The van der Waals surface area contributed by atoms with Crippen molar-refractivity contribution in [2.75, 3.05) is 37.2 Å². The van der Waals surface area contributed by atoms with Gasteiger partial charge in [0.2, 0.25) is 0 Å². The molecular weight excluding hydrogens is 443 g/mol. The van der Waals surface area contributed by atoms with Gasteiger partial charge >= 0.3 is 11.1 Å². The molecule has 3 aromatic rings. The van der Waals surface area contributed by atoms with Gasteiger partial charge in [-0.1, -0.05) is 51.1 Å². The van der Waals surface area contributed by atoms with Crippen LogP contribution in [0.2, 0.25) is 0 Å². The second-order valence-electron chi connectivity index (χ2n) is 7.68. The molecule has 0 aliphatic heterocycles. The van der Waals surface area contributed by atoms with E-state index in [1.54, 1.807) is 12.1 Å². The predicted molar refractivity (Wildman–Crippen MR) is 132 cm³/mol. The zero-order valence-corrected chi connectivity index (χ0v) is 20.2. The first-order valence-electron chi connectivity index (χ1n) is 11.3. The third-order valence-corrected chi connectivity index (χ3v) is 6.33. The fourth-order valence-electron chi connectivity index (χ4n) is 3.42. The van der Waals surface area contributed by atoms with Crippen LogP contribution in [0.15, 0.2) is 39.0 Å². The summed E-state index contributed by atoms with van der Waals surface area (Å²) in [6.45, 7) is 9.77. The lowest BCUT2D eigenvalue weighted by Gasteiger charge is -2.19. The predicted octanol–water partition coefficient (Wildman–Crippen LogP) is 3.31.